The van der Waals surface area contributed by atoms with Gasteiger partial charge in [0.1, 0.15) is 0 Å². The van der Waals surface area contributed by atoms with Crippen molar-refractivity contribution in [2.45, 2.75) is 44.2 Å². The molecule has 1 aromatic rings. The summed E-state index contributed by atoms with van der Waals surface area (Å²) in [5.74, 6) is 0.984. The normalized spacial score (nSPS) is 25.2. The van der Waals surface area contributed by atoms with Gasteiger partial charge >= 0.3 is 0 Å². The number of piperazine rings is 1. The summed E-state index contributed by atoms with van der Waals surface area (Å²) in [7, 11) is 0. The lowest BCUT2D eigenvalue weighted by molar-refractivity contribution is 0.0878. The van der Waals surface area contributed by atoms with Crippen LogP contribution in [0.3, 0.4) is 0 Å². The Kier molecular flexibility index (Phi) is 3.16. The molecule has 3 rings (SSSR count). The summed E-state index contributed by atoms with van der Waals surface area (Å²) in [5, 5.41) is 7.53. The highest BCUT2D eigenvalue weighted by Crippen LogP contribution is 2.30. The third-order valence-electron chi connectivity index (χ3n) is 4.14. The van der Waals surface area contributed by atoms with Crippen LogP contribution in [-0.4, -0.2) is 35.2 Å². The van der Waals surface area contributed by atoms with Gasteiger partial charge in [0.15, 0.2) is 5.76 Å². The lowest BCUT2D eigenvalue weighted by Gasteiger charge is -2.46. The molecule has 0 aromatic carbocycles. The summed E-state index contributed by atoms with van der Waals surface area (Å²) in [4.78, 5) is 2.50. The molecular weight excluding hydrogens is 214 g/mol. The van der Waals surface area contributed by atoms with Crippen molar-refractivity contribution in [3.8, 4) is 0 Å². The van der Waals surface area contributed by atoms with Crippen molar-refractivity contribution in [3.05, 3.63) is 18.0 Å². The van der Waals surface area contributed by atoms with Gasteiger partial charge in [0.2, 0.25) is 0 Å². The Morgan fingerprint density at radius 3 is 3.00 bits per heavy atom. The first kappa shape index (κ1) is 11.2. The highest BCUT2D eigenvalue weighted by molar-refractivity contribution is 4.99. The predicted molar refractivity (Wildman–Crippen MR) is 65.6 cm³/mol. The first-order valence-electron chi connectivity index (χ1n) is 6.73. The molecule has 1 saturated heterocycles. The van der Waals surface area contributed by atoms with E-state index in [-0.39, 0.29) is 0 Å². The molecule has 4 nitrogen and oxygen atoms in total. The van der Waals surface area contributed by atoms with E-state index in [1.165, 1.54) is 32.1 Å². The molecule has 1 saturated carbocycles. The molecule has 0 atom stereocenters. The largest absolute Gasteiger partial charge is 0.360 e. The number of rotatable bonds is 2. The Balaban J connectivity index is 1.62. The summed E-state index contributed by atoms with van der Waals surface area (Å²) in [6.07, 6.45) is 8.56. The molecule has 1 aliphatic heterocycles. The molecule has 1 spiro atoms. The van der Waals surface area contributed by atoms with Gasteiger partial charge in [-0.3, -0.25) is 4.90 Å². The van der Waals surface area contributed by atoms with Crippen molar-refractivity contribution < 1.29 is 4.52 Å². The predicted octanol–water partition coefficient (Wildman–Crippen LogP) is 1.78. The van der Waals surface area contributed by atoms with Crippen LogP contribution in [0, 0.1) is 0 Å². The highest BCUT2D eigenvalue weighted by Gasteiger charge is 2.36. The Morgan fingerprint density at radius 1 is 1.35 bits per heavy atom. The minimum Gasteiger partial charge on any atom is -0.360 e. The van der Waals surface area contributed by atoms with E-state index in [4.69, 9.17) is 4.52 Å². The zero-order valence-electron chi connectivity index (χ0n) is 10.3. The van der Waals surface area contributed by atoms with Gasteiger partial charge < -0.3 is 9.84 Å². The maximum absolute atomic E-state index is 5.20. The van der Waals surface area contributed by atoms with Gasteiger partial charge in [-0.15, -0.1) is 0 Å². The van der Waals surface area contributed by atoms with E-state index in [0.717, 1.165) is 31.9 Å². The zero-order valence-corrected chi connectivity index (χ0v) is 10.3. The number of hydrogen-bond acceptors (Lipinski definition) is 4. The molecule has 1 aromatic heterocycles. The fourth-order valence-corrected chi connectivity index (χ4v) is 3.28. The summed E-state index contributed by atoms with van der Waals surface area (Å²) < 4.78 is 5.20. The number of nitrogens with zero attached hydrogens (tertiary/aromatic N) is 2. The third-order valence-corrected chi connectivity index (χ3v) is 4.14. The molecule has 0 unspecified atom stereocenters. The van der Waals surface area contributed by atoms with Crippen LogP contribution in [0.25, 0.3) is 0 Å². The van der Waals surface area contributed by atoms with E-state index in [1.54, 1.807) is 6.20 Å². The van der Waals surface area contributed by atoms with Crippen molar-refractivity contribution >= 4 is 0 Å². The summed E-state index contributed by atoms with van der Waals surface area (Å²) >= 11 is 0. The number of hydrogen-bond donors (Lipinski definition) is 1. The first-order chi connectivity index (χ1) is 8.36. The molecule has 2 aliphatic rings. The molecule has 4 heteroatoms. The minimum atomic E-state index is 0.385. The second kappa shape index (κ2) is 4.78. The van der Waals surface area contributed by atoms with Crippen LogP contribution in [0.2, 0.25) is 0 Å². The molecule has 0 bridgehead atoms. The molecular formula is C13H21N3O. The number of aromatic nitrogens is 1. The Hall–Kier alpha value is -0.870. The Labute approximate surface area is 102 Å². The van der Waals surface area contributed by atoms with E-state index in [1.807, 2.05) is 6.07 Å². The van der Waals surface area contributed by atoms with Gasteiger partial charge in [0.05, 0.1) is 12.7 Å². The second-order valence-electron chi connectivity index (χ2n) is 5.46. The summed E-state index contributed by atoms with van der Waals surface area (Å²) in [6, 6.07) is 1.97. The van der Waals surface area contributed by atoms with E-state index in [9.17, 15) is 0 Å². The fourth-order valence-electron chi connectivity index (χ4n) is 3.28. The topological polar surface area (TPSA) is 41.3 Å². The molecule has 1 N–H and O–H groups in total. The Bertz CT molecular complexity index is 338. The van der Waals surface area contributed by atoms with Gasteiger partial charge in [0, 0.05) is 31.2 Å². The maximum atomic E-state index is 5.20. The second-order valence-corrected chi connectivity index (χ2v) is 5.46. The monoisotopic (exact) mass is 235 g/mol. The molecule has 2 fully saturated rings. The SMILES string of the molecule is c1cc(CN2CCNC3(CCCCC3)C2)on1. The lowest BCUT2D eigenvalue weighted by Crippen LogP contribution is -2.60. The average molecular weight is 235 g/mol. The van der Waals surface area contributed by atoms with Gasteiger partial charge in [-0.05, 0) is 12.8 Å². The van der Waals surface area contributed by atoms with Crippen LogP contribution in [-0.2, 0) is 6.54 Å². The maximum Gasteiger partial charge on any atom is 0.150 e. The van der Waals surface area contributed by atoms with Crippen LogP contribution < -0.4 is 5.32 Å². The smallest absolute Gasteiger partial charge is 0.150 e. The van der Waals surface area contributed by atoms with Gasteiger partial charge in [0.25, 0.3) is 0 Å². The molecule has 0 amide bonds. The molecule has 2 heterocycles. The van der Waals surface area contributed by atoms with Gasteiger partial charge in [-0.25, -0.2) is 0 Å². The molecule has 17 heavy (non-hydrogen) atoms. The quantitative estimate of drug-likeness (QED) is 0.848. The van der Waals surface area contributed by atoms with E-state index in [2.05, 4.69) is 15.4 Å². The first-order valence-corrected chi connectivity index (χ1v) is 6.73. The third kappa shape index (κ3) is 2.53. The van der Waals surface area contributed by atoms with Crippen molar-refractivity contribution in [1.29, 1.82) is 0 Å². The van der Waals surface area contributed by atoms with Crippen LogP contribution in [0.4, 0.5) is 0 Å². The van der Waals surface area contributed by atoms with Crippen LogP contribution in [0.5, 0.6) is 0 Å². The van der Waals surface area contributed by atoms with E-state index >= 15 is 0 Å². The van der Waals surface area contributed by atoms with Crippen molar-refractivity contribution in [3.63, 3.8) is 0 Å². The van der Waals surface area contributed by atoms with Crippen LogP contribution >= 0.6 is 0 Å². The molecule has 0 radical (unpaired) electrons. The van der Waals surface area contributed by atoms with Gasteiger partial charge in [-0.1, -0.05) is 24.4 Å². The van der Waals surface area contributed by atoms with Gasteiger partial charge in [-0.2, -0.15) is 0 Å². The standard InChI is InChI=1S/C13H21N3O/c1-2-5-13(6-3-1)11-16(9-8-14-13)10-12-4-7-15-17-12/h4,7,14H,1-3,5-6,8-11H2. The highest BCUT2D eigenvalue weighted by atomic mass is 16.5. The summed E-state index contributed by atoms with van der Waals surface area (Å²) in [5.41, 5.74) is 0.385. The van der Waals surface area contributed by atoms with Crippen LogP contribution in [0.1, 0.15) is 37.9 Å². The molecule has 1 aliphatic carbocycles. The van der Waals surface area contributed by atoms with Crippen molar-refractivity contribution in [1.82, 2.24) is 15.4 Å². The van der Waals surface area contributed by atoms with Crippen molar-refractivity contribution in [2.75, 3.05) is 19.6 Å². The lowest BCUT2D eigenvalue weighted by atomic mass is 9.80. The number of nitrogens with one attached hydrogen (secondary N) is 1. The zero-order chi connectivity index (χ0) is 11.6. The minimum absolute atomic E-state index is 0.385. The van der Waals surface area contributed by atoms with Crippen LogP contribution in [0.15, 0.2) is 16.8 Å². The average Bonchev–Trinajstić information content (AvgIpc) is 2.83. The fraction of sp³-hybridized carbons (Fsp3) is 0.769. The van der Waals surface area contributed by atoms with Crippen molar-refractivity contribution in [2.24, 2.45) is 0 Å². The van der Waals surface area contributed by atoms with E-state index in [0.29, 0.717) is 5.54 Å². The summed E-state index contributed by atoms with van der Waals surface area (Å²) in [6.45, 7) is 4.29. The Morgan fingerprint density at radius 2 is 2.24 bits per heavy atom. The molecule has 94 valence electrons. The van der Waals surface area contributed by atoms with E-state index < -0.39 is 0 Å².